The summed E-state index contributed by atoms with van der Waals surface area (Å²) in [5.41, 5.74) is 3.24. The number of carbonyl (C=O) groups excluding carboxylic acids is 2. The number of amides is 2. The zero-order chi connectivity index (χ0) is 25.6. The van der Waals surface area contributed by atoms with Crippen LogP contribution < -0.4 is 10.2 Å². The molecule has 1 N–H and O–H groups in total. The van der Waals surface area contributed by atoms with E-state index in [1.54, 1.807) is 24.3 Å². The fourth-order valence-electron chi connectivity index (χ4n) is 3.99. The van der Waals surface area contributed by atoms with Crippen molar-refractivity contribution in [3.8, 4) is 11.5 Å². The molecule has 188 valence electrons. The van der Waals surface area contributed by atoms with E-state index in [0.717, 1.165) is 24.3 Å². The first-order valence-corrected chi connectivity index (χ1v) is 13.1. The molecule has 37 heavy (non-hydrogen) atoms. The van der Waals surface area contributed by atoms with Crippen LogP contribution >= 0.6 is 23.4 Å². The van der Waals surface area contributed by atoms with Crippen molar-refractivity contribution in [2.24, 2.45) is 0 Å². The van der Waals surface area contributed by atoms with Crippen molar-refractivity contribution >= 4 is 46.6 Å². The van der Waals surface area contributed by atoms with Gasteiger partial charge in [0.15, 0.2) is 0 Å². The lowest BCUT2D eigenvalue weighted by Gasteiger charge is -2.36. The SMILES string of the molecule is O=C(CSc1nnc(-c2ccccc2)o1)Nc1ccc(N2CCN(C(=O)c3ccc(Cl)cc3)CC2)cc1. The van der Waals surface area contributed by atoms with Crippen molar-refractivity contribution in [2.75, 3.05) is 42.1 Å². The van der Waals surface area contributed by atoms with Gasteiger partial charge in [-0.25, -0.2) is 0 Å². The van der Waals surface area contributed by atoms with Crippen molar-refractivity contribution in [1.82, 2.24) is 15.1 Å². The largest absolute Gasteiger partial charge is 0.411 e. The maximum absolute atomic E-state index is 12.7. The second kappa shape index (κ2) is 11.5. The molecule has 0 saturated carbocycles. The molecule has 8 nitrogen and oxygen atoms in total. The fraction of sp³-hybridized carbons (Fsp3) is 0.185. The number of anilines is 2. The van der Waals surface area contributed by atoms with Gasteiger partial charge in [0, 0.05) is 53.7 Å². The van der Waals surface area contributed by atoms with Crippen LogP contribution in [-0.4, -0.2) is 58.8 Å². The molecular formula is C27H24ClN5O3S. The van der Waals surface area contributed by atoms with Gasteiger partial charge in [-0.05, 0) is 60.7 Å². The lowest BCUT2D eigenvalue weighted by Crippen LogP contribution is -2.48. The van der Waals surface area contributed by atoms with E-state index in [1.165, 1.54) is 11.8 Å². The predicted molar refractivity (Wildman–Crippen MR) is 145 cm³/mol. The number of hydrogen-bond donors (Lipinski definition) is 1. The van der Waals surface area contributed by atoms with Crippen LogP contribution in [0.5, 0.6) is 0 Å². The lowest BCUT2D eigenvalue weighted by molar-refractivity contribution is -0.113. The Hall–Kier alpha value is -3.82. The zero-order valence-corrected chi connectivity index (χ0v) is 21.4. The normalized spacial score (nSPS) is 13.4. The van der Waals surface area contributed by atoms with E-state index >= 15 is 0 Å². The van der Waals surface area contributed by atoms with E-state index in [-0.39, 0.29) is 17.6 Å². The van der Waals surface area contributed by atoms with Gasteiger partial charge in [0.2, 0.25) is 11.8 Å². The minimum atomic E-state index is -0.161. The molecule has 1 aromatic heterocycles. The van der Waals surface area contributed by atoms with E-state index in [4.69, 9.17) is 16.0 Å². The highest BCUT2D eigenvalue weighted by Crippen LogP contribution is 2.24. The van der Waals surface area contributed by atoms with Crippen molar-refractivity contribution in [3.05, 3.63) is 89.4 Å². The van der Waals surface area contributed by atoms with Crippen molar-refractivity contribution in [2.45, 2.75) is 5.22 Å². The first kappa shape index (κ1) is 24.9. The number of piperazine rings is 1. The highest BCUT2D eigenvalue weighted by atomic mass is 35.5. The van der Waals surface area contributed by atoms with Gasteiger partial charge < -0.3 is 19.5 Å². The average molecular weight is 534 g/mol. The van der Waals surface area contributed by atoms with Crippen molar-refractivity contribution in [3.63, 3.8) is 0 Å². The van der Waals surface area contributed by atoms with Gasteiger partial charge in [-0.2, -0.15) is 0 Å². The van der Waals surface area contributed by atoms with E-state index < -0.39 is 0 Å². The third-order valence-electron chi connectivity index (χ3n) is 5.93. The molecule has 0 radical (unpaired) electrons. The number of carbonyl (C=O) groups is 2. The molecule has 1 aliphatic rings. The Morgan fingerprint density at radius 2 is 1.59 bits per heavy atom. The number of nitrogens with one attached hydrogen (secondary N) is 1. The molecular weight excluding hydrogens is 510 g/mol. The number of benzene rings is 3. The molecule has 1 fully saturated rings. The van der Waals surface area contributed by atoms with Crippen LogP contribution in [-0.2, 0) is 4.79 Å². The highest BCUT2D eigenvalue weighted by molar-refractivity contribution is 7.99. The molecule has 0 aliphatic carbocycles. The minimum absolute atomic E-state index is 0.0177. The van der Waals surface area contributed by atoms with E-state index in [1.807, 2.05) is 59.5 Å². The molecule has 0 spiro atoms. The van der Waals surface area contributed by atoms with Gasteiger partial charge in [0.25, 0.3) is 11.1 Å². The Bertz CT molecular complexity index is 1360. The molecule has 2 heterocycles. The molecule has 0 unspecified atom stereocenters. The number of halogens is 1. The predicted octanol–water partition coefficient (Wildman–Crippen LogP) is 5.08. The first-order valence-electron chi connectivity index (χ1n) is 11.8. The quantitative estimate of drug-likeness (QED) is 0.331. The molecule has 3 aromatic carbocycles. The maximum Gasteiger partial charge on any atom is 0.277 e. The average Bonchev–Trinajstić information content (AvgIpc) is 3.42. The van der Waals surface area contributed by atoms with Crippen LogP contribution in [0.3, 0.4) is 0 Å². The molecule has 0 atom stereocenters. The molecule has 2 amide bonds. The first-order chi connectivity index (χ1) is 18.0. The smallest absolute Gasteiger partial charge is 0.277 e. The fourth-order valence-corrected chi connectivity index (χ4v) is 4.68. The summed E-state index contributed by atoms with van der Waals surface area (Å²) in [5, 5.41) is 11.9. The van der Waals surface area contributed by atoms with Crippen LogP contribution in [0.15, 0.2) is 88.5 Å². The zero-order valence-electron chi connectivity index (χ0n) is 19.8. The third kappa shape index (κ3) is 6.31. The van der Waals surface area contributed by atoms with Gasteiger partial charge in [0.1, 0.15) is 0 Å². The monoisotopic (exact) mass is 533 g/mol. The Labute approximate surface area is 223 Å². The molecule has 5 rings (SSSR count). The Morgan fingerprint density at radius 3 is 2.30 bits per heavy atom. The summed E-state index contributed by atoms with van der Waals surface area (Å²) < 4.78 is 5.63. The van der Waals surface area contributed by atoms with E-state index in [9.17, 15) is 9.59 Å². The molecule has 0 bridgehead atoms. The molecule has 10 heteroatoms. The summed E-state index contributed by atoms with van der Waals surface area (Å²) in [6, 6.07) is 24.2. The minimum Gasteiger partial charge on any atom is -0.411 e. The van der Waals surface area contributed by atoms with E-state index in [2.05, 4.69) is 20.4 Å². The Morgan fingerprint density at radius 1 is 0.892 bits per heavy atom. The second-order valence-electron chi connectivity index (χ2n) is 8.41. The van der Waals surface area contributed by atoms with Crippen LogP contribution in [0.2, 0.25) is 5.02 Å². The van der Waals surface area contributed by atoms with Gasteiger partial charge in [0.05, 0.1) is 5.75 Å². The summed E-state index contributed by atoms with van der Waals surface area (Å²) in [6.07, 6.45) is 0. The van der Waals surface area contributed by atoms with Crippen LogP contribution in [0.4, 0.5) is 11.4 Å². The van der Waals surface area contributed by atoms with Gasteiger partial charge in [-0.15, -0.1) is 10.2 Å². The standard InChI is InChI=1S/C27H24ClN5O3S/c28-21-8-6-20(7-9-21)26(35)33-16-14-32(15-17-33)23-12-10-22(11-13-23)29-24(34)18-37-27-31-30-25(36-27)19-4-2-1-3-5-19/h1-13H,14-18H2,(H,29,34). The molecule has 1 saturated heterocycles. The number of aromatic nitrogens is 2. The van der Waals surface area contributed by atoms with Crippen molar-refractivity contribution in [1.29, 1.82) is 0 Å². The maximum atomic E-state index is 12.7. The summed E-state index contributed by atoms with van der Waals surface area (Å²) in [6.45, 7) is 2.74. The lowest BCUT2D eigenvalue weighted by atomic mass is 10.1. The Kier molecular flexibility index (Phi) is 7.72. The number of thioether (sulfide) groups is 1. The number of hydrogen-bond acceptors (Lipinski definition) is 7. The van der Waals surface area contributed by atoms with Gasteiger partial charge >= 0.3 is 0 Å². The molecule has 4 aromatic rings. The van der Waals surface area contributed by atoms with Crippen LogP contribution in [0.1, 0.15) is 10.4 Å². The topological polar surface area (TPSA) is 91.6 Å². The summed E-state index contributed by atoms with van der Waals surface area (Å²) >= 11 is 7.12. The van der Waals surface area contributed by atoms with Gasteiger partial charge in [-0.1, -0.05) is 41.6 Å². The second-order valence-corrected chi connectivity index (χ2v) is 9.77. The summed E-state index contributed by atoms with van der Waals surface area (Å²) in [5.74, 6) is 0.437. The van der Waals surface area contributed by atoms with Crippen LogP contribution in [0.25, 0.3) is 11.5 Å². The summed E-state index contributed by atoms with van der Waals surface area (Å²) in [7, 11) is 0. The van der Waals surface area contributed by atoms with Crippen molar-refractivity contribution < 1.29 is 14.0 Å². The van der Waals surface area contributed by atoms with Gasteiger partial charge in [-0.3, -0.25) is 9.59 Å². The van der Waals surface area contributed by atoms with E-state index in [0.29, 0.717) is 40.5 Å². The van der Waals surface area contributed by atoms with Crippen LogP contribution in [0, 0.1) is 0 Å². The summed E-state index contributed by atoms with van der Waals surface area (Å²) in [4.78, 5) is 29.2. The third-order valence-corrected chi connectivity index (χ3v) is 7.00. The number of rotatable bonds is 7. The number of nitrogens with zero attached hydrogens (tertiary/aromatic N) is 4. The molecule has 1 aliphatic heterocycles. The highest BCUT2D eigenvalue weighted by Gasteiger charge is 2.22. The Balaban J connectivity index is 1.08.